The molecule has 1 saturated heterocycles. The number of carbonyl (C=O) groups excluding carboxylic acids is 1. The molecule has 0 aliphatic carbocycles. The third kappa shape index (κ3) is 4.76. The van der Waals surface area contributed by atoms with Gasteiger partial charge in [-0.25, -0.2) is 0 Å². The topological polar surface area (TPSA) is 97.5 Å². The summed E-state index contributed by atoms with van der Waals surface area (Å²) in [5, 5.41) is 13.6. The minimum Gasteiger partial charge on any atom is -0.356 e. The van der Waals surface area contributed by atoms with Crippen molar-refractivity contribution in [2.45, 2.75) is 18.9 Å². The number of thioether (sulfide) groups is 1. The van der Waals surface area contributed by atoms with Gasteiger partial charge in [0.2, 0.25) is 5.91 Å². The third-order valence-corrected chi connectivity index (χ3v) is 7.34. The standard InChI is InChI=1S/C20H19ClN4O4S2/c21-15-7-14(25(28)29)4-5-16(15)22-18(26)11-31-20(30)23-8-12-6-13(10-23)17-2-1-3-19(27)24(17)9-12/h1-5,7,12-13H,6,8-11H2,(H,22,26)/t12-,13-/m1/s1. The first-order valence-corrected chi connectivity index (χ1v) is 11.4. The number of anilines is 1. The Bertz CT molecular complexity index is 1120. The predicted molar refractivity (Wildman–Crippen MR) is 125 cm³/mol. The lowest BCUT2D eigenvalue weighted by atomic mass is 9.83. The zero-order chi connectivity index (χ0) is 22.1. The molecule has 1 fully saturated rings. The third-order valence-electron chi connectivity index (χ3n) is 5.50. The van der Waals surface area contributed by atoms with Gasteiger partial charge in [-0.3, -0.25) is 19.7 Å². The second kappa shape index (κ2) is 8.97. The van der Waals surface area contributed by atoms with E-state index in [9.17, 15) is 19.7 Å². The van der Waals surface area contributed by atoms with E-state index in [2.05, 4.69) is 10.2 Å². The van der Waals surface area contributed by atoms with Crippen molar-refractivity contribution in [1.29, 1.82) is 0 Å². The number of nitrogens with zero attached hydrogens (tertiary/aromatic N) is 3. The van der Waals surface area contributed by atoms with Crippen LogP contribution >= 0.6 is 35.6 Å². The fourth-order valence-electron chi connectivity index (χ4n) is 4.17. The maximum Gasteiger partial charge on any atom is 0.271 e. The largest absolute Gasteiger partial charge is 0.356 e. The molecule has 0 unspecified atom stereocenters. The molecule has 162 valence electrons. The van der Waals surface area contributed by atoms with Crippen LogP contribution in [0.3, 0.4) is 0 Å². The molecular formula is C20H19ClN4O4S2. The van der Waals surface area contributed by atoms with Gasteiger partial charge >= 0.3 is 0 Å². The Kier molecular flexibility index (Phi) is 6.31. The number of pyridine rings is 1. The van der Waals surface area contributed by atoms with Gasteiger partial charge in [-0.2, -0.15) is 0 Å². The molecule has 2 aliphatic heterocycles. The summed E-state index contributed by atoms with van der Waals surface area (Å²) in [6.07, 6.45) is 1.03. The van der Waals surface area contributed by atoms with E-state index in [0.717, 1.165) is 25.2 Å². The summed E-state index contributed by atoms with van der Waals surface area (Å²) in [6, 6.07) is 9.29. The number of aromatic nitrogens is 1. The number of non-ortho nitro benzene ring substituents is 1. The number of thiocarbonyl (C=S) groups is 1. The Morgan fingerprint density at radius 1 is 1.29 bits per heavy atom. The van der Waals surface area contributed by atoms with Gasteiger partial charge in [0.25, 0.3) is 11.2 Å². The zero-order valence-electron chi connectivity index (χ0n) is 16.3. The van der Waals surface area contributed by atoms with Gasteiger partial charge in [-0.05, 0) is 24.5 Å². The summed E-state index contributed by atoms with van der Waals surface area (Å²) < 4.78 is 2.51. The van der Waals surface area contributed by atoms with E-state index in [1.165, 1.54) is 30.0 Å². The highest BCUT2D eigenvalue weighted by atomic mass is 35.5. The molecule has 0 spiro atoms. The summed E-state index contributed by atoms with van der Waals surface area (Å²) in [5.41, 5.74) is 1.27. The highest BCUT2D eigenvalue weighted by Crippen LogP contribution is 2.36. The first-order valence-electron chi connectivity index (χ1n) is 9.67. The molecule has 8 nitrogen and oxygen atoms in total. The average Bonchev–Trinajstić information content (AvgIpc) is 2.74. The highest BCUT2D eigenvalue weighted by molar-refractivity contribution is 8.23. The number of nitro benzene ring substituents is 1. The molecule has 0 saturated carbocycles. The second-order valence-electron chi connectivity index (χ2n) is 7.63. The molecule has 3 heterocycles. The van der Waals surface area contributed by atoms with Crippen LogP contribution in [-0.4, -0.2) is 43.5 Å². The van der Waals surface area contributed by atoms with E-state index < -0.39 is 4.92 Å². The lowest BCUT2D eigenvalue weighted by Crippen LogP contribution is -2.48. The van der Waals surface area contributed by atoms with Gasteiger partial charge in [-0.15, -0.1) is 0 Å². The monoisotopic (exact) mass is 478 g/mol. The molecular weight excluding hydrogens is 460 g/mol. The molecule has 1 aromatic heterocycles. The number of hydrogen-bond donors (Lipinski definition) is 1. The van der Waals surface area contributed by atoms with E-state index in [-0.39, 0.29) is 33.8 Å². The first-order chi connectivity index (χ1) is 14.8. The molecule has 1 N–H and O–H groups in total. The van der Waals surface area contributed by atoms with Crippen molar-refractivity contribution in [2.75, 3.05) is 24.2 Å². The van der Waals surface area contributed by atoms with E-state index in [1.807, 2.05) is 10.6 Å². The highest BCUT2D eigenvalue weighted by Gasteiger charge is 2.35. The van der Waals surface area contributed by atoms with Gasteiger partial charge in [0.1, 0.15) is 4.32 Å². The fraction of sp³-hybridized carbons (Fsp3) is 0.350. The Balaban J connectivity index is 1.34. The van der Waals surface area contributed by atoms with Crippen molar-refractivity contribution < 1.29 is 9.72 Å². The van der Waals surface area contributed by atoms with Crippen LogP contribution in [0.1, 0.15) is 18.0 Å². The van der Waals surface area contributed by atoms with Crippen LogP contribution < -0.4 is 10.9 Å². The summed E-state index contributed by atoms with van der Waals surface area (Å²) >= 11 is 12.9. The van der Waals surface area contributed by atoms with Crippen molar-refractivity contribution in [3.63, 3.8) is 0 Å². The summed E-state index contributed by atoms with van der Waals surface area (Å²) in [7, 11) is 0. The molecule has 2 atom stereocenters. The van der Waals surface area contributed by atoms with E-state index in [4.69, 9.17) is 23.8 Å². The number of fused-ring (bicyclic) bond motifs is 4. The Morgan fingerprint density at radius 3 is 2.84 bits per heavy atom. The van der Waals surface area contributed by atoms with Crippen LogP contribution in [0.25, 0.3) is 0 Å². The molecule has 2 aliphatic rings. The number of piperidine rings is 1. The minimum atomic E-state index is -0.547. The lowest BCUT2D eigenvalue weighted by Gasteiger charge is -2.43. The molecule has 4 rings (SSSR count). The number of halogens is 1. The molecule has 1 amide bonds. The Morgan fingerprint density at radius 2 is 2.10 bits per heavy atom. The number of likely N-dealkylation sites (tertiary alicyclic amines) is 1. The fourth-order valence-corrected chi connectivity index (χ4v) is 5.38. The van der Waals surface area contributed by atoms with Crippen LogP contribution in [0.4, 0.5) is 11.4 Å². The number of rotatable bonds is 4. The van der Waals surface area contributed by atoms with Crippen molar-refractivity contribution in [1.82, 2.24) is 9.47 Å². The maximum absolute atomic E-state index is 12.3. The Labute approximate surface area is 192 Å². The quantitative estimate of drug-likeness (QED) is 0.408. The molecule has 1 aromatic carbocycles. The number of amides is 1. The normalized spacial score (nSPS) is 19.5. The van der Waals surface area contributed by atoms with Gasteiger partial charge < -0.3 is 14.8 Å². The van der Waals surface area contributed by atoms with Gasteiger partial charge in [0.05, 0.1) is 21.4 Å². The summed E-state index contributed by atoms with van der Waals surface area (Å²) in [4.78, 5) is 36.8. The minimum absolute atomic E-state index is 0.0409. The van der Waals surface area contributed by atoms with Gasteiger partial charge in [-0.1, -0.05) is 41.6 Å². The van der Waals surface area contributed by atoms with E-state index >= 15 is 0 Å². The maximum atomic E-state index is 12.3. The van der Waals surface area contributed by atoms with Crippen LogP contribution in [-0.2, 0) is 11.3 Å². The van der Waals surface area contributed by atoms with E-state index in [0.29, 0.717) is 22.5 Å². The number of hydrogen-bond acceptors (Lipinski definition) is 6. The van der Waals surface area contributed by atoms with Crippen LogP contribution in [0.15, 0.2) is 41.2 Å². The molecule has 0 radical (unpaired) electrons. The first kappa shape index (κ1) is 21.8. The SMILES string of the molecule is O=C(CSC(=S)N1C[C@H]2C[C@H](C1)c1cccc(=O)n1C2)Nc1ccc([N+](=O)[O-])cc1Cl. The Hall–Kier alpha value is -2.43. The zero-order valence-corrected chi connectivity index (χ0v) is 18.7. The van der Waals surface area contributed by atoms with Crippen molar-refractivity contribution >= 4 is 57.2 Å². The number of nitrogens with one attached hydrogen (secondary N) is 1. The summed E-state index contributed by atoms with van der Waals surface area (Å²) in [5.74, 6) is 0.399. The number of benzene rings is 1. The molecule has 31 heavy (non-hydrogen) atoms. The molecule has 11 heteroatoms. The smallest absolute Gasteiger partial charge is 0.271 e. The number of nitro groups is 1. The van der Waals surface area contributed by atoms with Gasteiger partial charge in [0, 0.05) is 49.4 Å². The molecule has 2 aromatic rings. The van der Waals surface area contributed by atoms with Crippen molar-refractivity contribution in [2.24, 2.45) is 5.92 Å². The van der Waals surface area contributed by atoms with Crippen LogP contribution in [0.2, 0.25) is 5.02 Å². The lowest BCUT2D eigenvalue weighted by molar-refractivity contribution is -0.384. The molecule has 2 bridgehead atoms. The average molecular weight is 479 g/mol. The second-order valence-corrected chi connectivity index (χ2v) is 9.64. The van der Waals surface area contributed by atoms with Crippen LogP contribution in [0.5, 0.6) is 0 Å². The number of carbonyl (C=O) groups is 1. The van der Waals surface area contributed by atoms with E-state index in [1.54, 1.807) is 12.1 Å². The predicted octanol–water partition coefficient (Wildman–Crippen LogP) is 3.49. The van der Waals surface area contributed by atoms with Crippen LogP contribution in [0, 0.1) is 16.0 Å². The van der Waals surface area contributed by atoms with Gasteiger partial charge in [0.15, 0.2) is 0 Å². The van der Waals surface area contributed by atoms with Crippen molar-refractivity contribution in [3.8, 4) is 0 Å². The summed E-state index contributed by atoms with van der Waals surface area (Å²) in [6.45, 7) is 2.18. The van der Waals surface area contributed by atoms with Crippen molar-refractivity contribution in [3.05, 3.63) is 67.6 Å².